The summed E-state index contributed by atoms with van der Waals surface area (Å²) in [5, 5.41) is 9.27. The zero-order valence-electron chi connectivity index (χ0n) is 12.1. The lowest BCUT2D eigenvalue weighted by molar-refractivity contribution is -0.143. The average Bonchev–Trinajstić information content (AvgIpc) is 2.83. The van der Waals surface area contributed by atoms with Crippen LogP contribution in [0.1, 0.15) is 40.5 Å². The summed E-state index contributed by atoms with van der Waals surface area (Å²) >= 11 is 0. The molecule has 0 spiro atoms. The van der Waals surface area contributed by atoms with Crippen molar-refractivity contribution < 1.29 is 14.6 Å². The second-order valence-electron chi connectivity index (χ2n) is 5.41. The zero-order valence-corrected chi connectivity index (χ0v) is 12.1. The third-order valence-electron chi connectivity index (χ3n) is 4.27. The van der Waals surface area contributed by atoms with Crippen LogP contribution in [0.4, 0.5) is 0 Å². The Bertz CT molecular complexity index is 270. The van der Waals surface area contributed by atoms with Crippen LogP contribution in [-0.4, -0.2) is 47.8 Å². The second kappa shape index (κ2) is 7.10. The Morgan fingerprint density at radius 1 is 1.39 bits per heavy atom. The summed E-state index contributed by atoms with van der Waals surface area (Å²) in [5.74, 6) is -0.524. The van der Waals surface area contributed by atoms with E-state index in [-0.39, 0.29) is 12.0 Å². The average molecular weight is 257 g/mol. The second-order valence-corrected chi connectivity index (χ2v) is 5.41. The molecule has 1 heterocycles. The van der Waals surface area contributed by atoms with E-state index < -0.39 is 5.97 Å². The molecule has 0 aliphatic carbocycles. The van der Waals surface area contributed by atoms with Gasteiger partial charge in [0.05, 0.1) is 19.1 Å². The molecule has 4 heteroatoms. The molecule has 0 saturated carbocycles. The number of ether oxygens (including phenoxy) is 1. The summed E-state index contributed by atoms with van der Waals surface area (Å²) in [5.41, 5.74) is 0. The molecular formula is C14H27NO3. The van der Waals surface area contributed by atoms with Crippen LogP contribution in [-0.2, 0) is 9.53 Å². The number of aliphatic carboxylic acids is 1. The van der Waals surface area contributed by atoms with Crippen LogP contribution in [0.15, 0.2) is 0 Å². The zero-order chi connectivity index (χ0) is 13.7. The van der Waals surface area contributed by atoms with Crippen LogP contribution in [0.25, 0.3) is 0 Å². The smallest absolute Gasteiger partial charge is 0.310 e. The van der Waals surface area contributed by atoms with Crippen molar-refractivity contribution in [3.05, 3.63) is 0 Å². The van der Waals surface area contributed by atoms with Crippen LogP contribution in [0.3, 0.4) is 0 Å². The van der Waals surface area contributed by atoms with Gasteiger partial charge in [-0.1, -0.05) is 27.2 Å². The van der Waals surface area contributed by atoms with Crippen molar-refractivity contribution in [1.82, 2.24) is 4.90 Å². The quantitative estimate of drug-likeness (QED) is 0.760. The first kappa shape index (κ1) is 15.4. The first-order valence-electron chi connectivity index (χ1n) is 7.09. The van der Waals surface area contributed by atoms with E-state index in [9.17, 15) is 9.90 Å². The number of nitrogens with zero attached hydrogens (tertiary/aromatic N) is 1. The van der Waals surface area contributed by atoms with Gasteiger partial charge in [0.15, 0.2) is 0 Å². The van der Waals surface area contributed by atoms with E-state index in [1.165, 1.54) is 0 Å². The van der Waals surface area contributed by atoms with Crippen LogP contribution in [0, 0.1) is 11.8 Å². The summed E-state index contributed by atoms with van der Waals surface area (Å²) in [7, 11) is 0. The highest BCUT2D eigenvalue weighted by molar-refractivity contribution is 5.71. The molecule has 0 aromatic heterocycles. The van der Waals surface area contributed by atoms with Gasteiger partial charge in [-0.2, -0.15) is 0 Å². The maximum Gasteiger partial charge on any atom is 0.310 e. The minimum atomic E-state index is -0.727. The van der Waals surface area contributed by atoms with Gasteiger partial charge in [-0.25, -0.2) is 0 Å². The van der Waals surface area contributed by atoms with Gasteiger partial charge >= 0.3 is 5.97 Å². The SMILES string of the molecule is CCCN(C(C)C(C)CC)C1COCC1C(=O)O. The van der Waals surface area contributed by atoms with E-state index in [1.54, 1.807) is 0 Å². The van der Waals surface area contributed by atoms with Gasteiger partial charge in [-0.05, 0) is 25.8 Å². The molecule has 4 unspecified atom stereocenters. The lowest BCUT2D eigenvalue weighted by Gasteiger charge is -2.38. The van der Waals surface area contributed by atoms with Gasteiger partial charge in [-0.3, -0.25) is 9.69 Å². The molecule has 0 amide bonds. The lowest BCUT2D eigenvalue weighted by atomic mass is 9.94. The fraction of sp³-hybridized carbons (Fsp3) is 0.929. The molecule has 0 aromatic carbocycles. The van der Waals surface area contributed by atoms with E-state index >= 15 is 0 Å². The van der Waals surface area contributed by atoms with Crippen molar-refractivity contribution in [2.24, 2.45) is 11.8 Å². The van der Waals surface area contributed by atoms with E-state index in [1.807, 2.05) is 0 Å². The van der Waals surface area contributed by atoms with E-state index in [0.29, 0.717) is 25.2 Å². The topological polar surface area (TPSA) is 49.8 Å². The van der Waals surface area contributed by atoms with Crippen molar-refractivity contribution in [1.29, 1.82) is 0 Å². The van der Waals surface area contributed by atoms with Crippen molar-refractivity contribution in [2.75, 3.05) is 19.8 Å². The molecule has 1 rings (SSSR count). The Labute approximate surface area is 110 Å². The normalized spacial score (nSPS) is 27.4. The van der Waals surface area contributed by atoms with Crippen LogP contribution in [0.2, 0.25) is 0 Å². The molecule has 0 aromatic rings. The molecule has 106 valence electrons. The highest BCUT2D eigenvalue weighted by Crippen LogP contribution is 2.25. The highest BCUT2D eigenvalue weighted by atomic mass is 16.5. The number of carboxylic acid groups (broad SMARTS) is 1. The van der Waals surface area contributed by atoms with Gasteiger partial charge in [-0.15, -0.1) is 0 Å². The summed E-state index contributed by atoms with van der Waals surface area (Å²) in [6, 6.07) is 0.440. The first-order chi connectivity index (χ1) is 8.52. The fourth-order valence-corrected chi connectivity index (χ4v) is 2.70. The number of hydrogen-bond donors (Lipinski definition) is 1. The third kappa shape index (κ3) is 3.45. The Hall–Kier alpha value is -0.610. The van der Waals surface area contributed by atoms with Crippen LogP contribution < -0.4 is 0 Å². The van der Waals surface area contributed by atoms with E-state index in [0.717, 1.165) is 19.4 Å². The predicted octanol–water partition coefficient (Wildman–Crippen LogP) is 2.23. The van der Waals surface area contributed by atoms with Gasteiger partial charge in [0.1, 0.15) is 0 Å². The number of hydrogen-bond acceptors (Lipinski definition) is 3. The summed E-state index contributed by atoms with van der Waals surface area (Å²) < 4.78 is 5.40. The first-order valence-corrected chi connectivity index (χ1v) is 7.09. The van der Waals surface area contributed by atoms with Gasteiger partial charge in [0.2, 0.25) is 0 Å². The molecule has 4 atom stereocenters. The number of carboxylic acids is 1. The Morgan fingerprint density at radius 2 is 2.06 bits per heavy atom. The van der Waals surface area contributed by atoms with Crippen LogP contribution in [0.5, 0.6) is 0 Å². The Morgan fingerprint density at radius 3 is 2.56 bits per heavy atom. The van der Waals surface area contributed by atoms with Gasteiger partial charge < -0.3 is 9.84 Å². The summed E-state index contributed by atoms with van der Waals surface area (Å²) in [6.45, 7) is 10.6. The minimum absolute atomic E-state index is 0.0337. The van der Waals surface area contributed by atoms with Crippen molar-refractivity contribution in [2.45, 2.75) is 52.6 Å². The van der Waals surface area contributed by atoms with Crippen LogP contribution >= 0.6 is 0 Å². The molecular weight excluding hydrogens is 230 g/mol. The van der Waals surface area contributed by atoms with E-state index in [2.05, 4.69) is 32.6 Å². The van der Waals surface area contributed by atoms with Crippen molar-refractivity contribution in [3.63, 3.8) is 0 Å². The largest absolute Gasteiger partial charge is 0.481 e. The molecule has 4 nitrogen and oxygen atoms in total. The molecule has 1 aliphatic heterocycles. The number of rotatable bonds is 7. The van der Waals surface area contributed by atoms with Crippen molar-refractivity contribution >= 4 is 5.97 Å². The molecule has 0 radical (unpaired) electrons. The molecule has 1 saturated heterocycles. The fourth-order valence-electron chi connectivity index (χ4n) is 2.70. The highest BCUT2D eigenvalue weighted by Gasteiger charge is 2.39. The maximum absolute atomic E-state index is 11.3. The van der Waals surface area contributed by atoms with E-state index in [4.69, 9.17) is 4.74 Å². The molecule has 18 heavy (non-hydrogen) atoms. The third-order valence-corrected chi connectivity index (χ3v) is 4.27. The van der Waals surface area contributed by atoms with Gasteiger partial charge in [0, 0.05) is 12.1 Å². The Kier molecular flexibility index (Phi) is 6.09. The lowest BCUT2D eigenvalue weighted by Crippen LogP contribution is -2.50. The Balaban J connectivity index is 2.80. The molecule has 1 fully saturated rings. The maximum atomic E-state index is 11.3. The standard InChI is InChI=1S/C14H27NO3/c1-5-7-15(11(4)10(3)6-2)13-9-18-8-12(13)14(16)17/h10-13H,5-9H2,1-4H3,(H,16,17). The molecule has 1 N–H and O–H groups in total. The van der Waals surface area contributed by atoms with Crippen molar-refractivity contribution in [3.8, 4) is 0 Å². The molecule has 0 bridgehead atoms. The molecule has 1 aliphatic rings. The van der Waals surface area contributed by atoms with Gasteiger partial charge in [0.25, 0.3) is 0 Å². The minimum Gasteiger partial charge on any atom is -0.481 e. The monoisotopic (exact) mass is 257 g/mol. The predicted molar refractivity (Wildman–Crippen MR) is 71.6 cm³/mol. The summed E-state index contributed by atoms with van der Waals surface area (Å²) in [4.78, 5) is 13.6. The number of carbonyl (C=O) groups is 1. The summed E-state index contributed by atoms with van der Waals surface area (Å²) in [6.07, 6.45) is 2.16.